The summed E-state index contributed by atoms with van der Waals surface area (Å²) in [6, 6.07) is 2.65. The largest absolute Gasteiger partial charge is 0.573 e. The van der Waals surface area contributed by atoms with Crippen LogP contribution in [-0.4, -0.2) is 29.8 Å². The molecule has 0 heterocycles. The van der Waals surface area contributed by atoms with Crippen molar-refractivity contribution in [2.75, 3.05) is 6.61 Å². The molecule has 0 aliphatic heterocycles. The van der Waals surface area contributed by atoms with Gasteiger partial charge in [-0.25, -0.2) is 4.79 Å². The van der Waals surface area contributed by atoms with Gasteiger partial charge < -0.3 is 19.9 Å². The number of carbonyl (C=O) groups excluding carboxylic acids is 1. The molecule has 0 aromatic heterocycles. The Bertz CT molecular complexity index is 558. The Balaban J connectivity index is 2.88. The number of rotatable bonds is 4. The monoisotopic (exact) mass is 399 g/mol. The summed E-state index contributed by atoms with van der Waals surface area (Å²) < 4.78 is 45.6. The predicted molar refractivity (Wildman–Crippen MR) is 80.0 cm³/mol. The van der Waals surface area contributed by atoms with Crippen LogP contribution in [0.5, 0.6) is 5.75 Å². The molecular weight excluding hydrogens is 383 g/mol. The molecule has 1 atom stereocenters. The van der Waals surface area contributed by atoms with Crippen molar-refractivity contribution in [1.82, 2.24) is 5.32 Å². The van der Waals surface area contributed by atoms with Gasteiger partial charge in [0.25, 0.3) is 0 Å². The third-order valence-electron chi connectivity index (χ3n) is 2.45. The Morgan fingerprint density at radius 3 is 2.39 bits per heavy atom. The predicted octanol–water partition coefficient (Wildman–Crippen LogP) is 3.91. The molecule has 1 aromatic rings. The first-order valence-corrected chi connectivity index (χ1v) is 7.36. The Kier molecular flexibility index (Phi) is 6.29. The second-order valence-corrected chi connectivity index (χ2v) is 6.47. The van der Waals surface area contributed by atoms with E-state index in [1.54, 1.807) is 20.8 Å². The lowest BCUT2D eigenvalue weighted by molar-refractivity contribution is -0.274. The minimum absolute atomic E-state index is 0.245. The summed E-state index contributed by atoms with van der Waals surface area (Å²) >= 11 is 3.10. The zero-order chi connectivity index (χ0) is 17.8. The van der Waals surface area contributed by atoms with E-state index in [0.717, 1.165) is 12.1 Å². The molecule has 0 aliphatic rings. The third kappa shape index (κ3) is 7.08. The maximum absolute atomic E-state index is 12.2. The van der Waals surface area contributed by atoms with E-state index in [-0.39, 0.29) is 4.47 Å². The standard InChI is InChI=1S/C14H17BrF3NO4/c1-13(2,3)23-12(21)19-11(7-20)9-5-4-8(6-10(9)15)22-14(16,17)18/h4-6,11,20H,7H2,1-3H3,(H,19,21). The maximum Gasteiger partial charge on any atom is 0.573 e. The number of ether oxygens (including phenoxy) is 2. The second kappa shape index (κ2) is 7.39. The van der Waals surface area contributed by atoms with Crippen molar-refractivity contribution < 1.29 is 32.5 Å². The molecule has 1 unspecified atom stereocenters. The minimum Gasteiger partial charge on any atom is -0.444 e. The summed E-state index contributed by atoms with van der Waals surface area (Å²) in [6.07, 6.45) is -5.55. The van der Waals surface area contributed by atoms with Gasteiger partial charge in [-0.2, -0.15) is 0 Å². The number of aliphatic hydroxyl groups is 1. The second-order valence-electron chi connectivity index (χ2n) is 5.61. The van der Waals surface area contributed by atoms with Gasteiger partial charge in [0.05, 0.1) is 12.6 Å². The van der Waals surface area contributed by atoms with Gasteiger partial charge in [-0.3, -0.25) is 0 Å². The molecule has 0 fully saturated rings. The molecule has 1 amide bonds. The molecule has 0 radical (unpaired) electrons. The Morgan fingerprint density at radius 1 is 1.35 bits per heavy atom. The summed E-state index contributed by atoms with van der Waals surface area (Å²) in [4.78, 5) is 11.7. The van der Waals surface area contributed by atoms with E-state index in [1.165, 1.54) is 6.07 Å². The fourth-order valence-electron chi connectivity index (χ4n) is 1.66. The van der Waals surface area contributed by atoms with Crippen LogP contribution in [0.1, 0.15) is 32.4 Å². The van der Waals surface area contributed by atoms with Crippen LogP contribution >= 0.6 is 15.9 Å². The number of carbonyl (C=O) groups is 1. The highest BCUT2D eigenvalue weighted by Crippen LogP contribution is 2.30. The van der Waals surface area contributed by atoms with Gasteiger partial charge >= 0.3 is 12.5 Å². The van der Waals surface area contributed by atoms with E-state index in [0.29, 0.717) is 5.56 Å². The first-order valence-electron chi connectivity index (χ1n) is 6.57. The third-order valence-corrected chi connectivity index (χ3v) is 3.14. The first-order chi connectivity index (χ1) is 10.4. The smallest absolute Gasteiger partial charge is 0.444 e. The molecule has 0 aliphatic carbocycles. The average molecular weight is 400 g/mol. The summed E-state index contributed by atoms with van der Waals surface area (Å²) in [5.41, 5.74) is -0.334. The maximum atomic E-state index is 12.2. The normalized spacial score (nSPS) is 13.4. The fraction of sp³-hybridized carbons (Fsp3) is 0.500. The minimum atomic E-state index is -4.80. The van der Waals surface area contributed by atoms with Crippen LogP contribution in [0.15, 0.2) is 22.7 Å². The van der Waals surface area contributed by atoms with Crippen molar-refractivity contribution in [3.8, 4) is 5.75 Å². The highest BCUT2D eigenvalue weighted by atomic mass is 79.9. The fourth-order valence-corrected chi connectivity index (χ4v) is 2.29. The average Bonchev–Trinajstić information content (AvgIpc) is 2.32. The summed E-state index contributed by atoms with van der Waals surface area (Å²) in [5.74, 6) is -0.415. The van der Waals surface area contributed by atoms with Crippen LogP contribution in [0.25, 0.3) is 0 Å². The van der Waals surface area contributed by atoms with Crippen molar-refractivity contribution in [3.05, 3.63) is 28.2 Å². The number of hydrogen-bond donors (Lipinski definition) is 2. The summed E-state index contributed by atoms with van der Waals surface area (Å²) in [5, 5.41) is 11.8. The van der Waals surface area contributed by atoms with Gasteiger partial charge in [0.2, 0.25) is 0 Å². The van der Waals surface area contributed by atoms with Crippen molar-refractivity contribution in [2.24, 2.45) is 0 Å². The van der Waals surface area contributed by atoms with Crippen LogP contribution in [0.3, 0.4) is 0 Å². The number of alkyl carbamates (subject to hydrolysis) is 1. The lowest BCUT2D eigenvalue weighted by atomic mass is 10.1. The SMILES string of the molecule is CC(C)(C)OC(=O)NC(CO)c1ccc(OC(F)(F)F)cc1Br. The van der Waals surface area contributed by atoms with Gasteiger partial charge in [0, 0.05) is 4.47 Å². The van der Waals surface area contributed by atoms with E-state index in [1.807, 2.05) is 0 Å². The quantitative estimate of drug-likeness (QED) is 0.805. The Morgan fingerprint density at radius 2 is 1.96 bits per heavy atom. The number of amides is 1. The van der Waals surface area contributed by atoms with Gasteiger partial charge in [-0.05, 0) is 38.5 Å². The number of aliphatic hydroxyl groups excluding tert-OH is 1. The van der Waals surface area contributed by atoms with Crippen LogP contribution < -0.4 is 10.1 Å². The highest BCUT2D eigenvalue weighted by Gasteiger charge is 2.31. The number of nitrogens with one attached hydrogen (secondary N) is 1. The number of alkyl halides is 3. The molecule has 9 heteroatoms. The first kappa shape index (κ1) is 19.6. The molecule has 2 N–H and O–H groups in total. The van der Waals surface area contributed by atoms with Crippen molar-refractivity contribution >= 4 is 22.0 Å². The summed E-state index contributed by atoms with van der Waals surface area (Å²) in [6.45, 7) is 4.58. The van der Waals surface area contributed by atoms with Crippen molar-refractivity contribution in [2.45, 2.75) is 38.8 Å². The van der Waals surface area contributed by atoms with Crippen molar-refractivity contribution in [3.63, 3.8) is 0 Å². The van der Waals surface area contributed by atoms with Gasteiger partial charge in [0.15, 0.2) is 0 Å². The van der Waals surface area contributed by atoms with E-state index < -0.39 is 36.5 Å². The van der Waals surface area contributed by atoms with Crippen molar-refractivity contribution in [1.29, 1.82) is 0 Å². The lowest BCUT2D eigenvalue weighted by Gasteiger charge is -2.23. The number of benzene rings is 1. The molecule has 1 rings (SSSR count). The zero-order valence-electron chi connectivity index (χ0n) is 12.7. The lowest BCUT2D eigenvalue weighted by Crippen LogP contribution is -2.36. The van der Waals surface area contributed by atoms with Gasteiger partial charge in [-0.1, -0.05) is 22.0 Å². The molecule has 0 saturated carbocycles. The molecule has 5 nitrogen and oxygen atoms in total. The molecule has 0 saturated heterocycles. The highest BCUT2D eigenvalue weighted by molar-refractivity contribution is 9.10. The van der Waals surface area contributed by atoms with Crippen LogP contribution in [0, 0.1) is 0 Å². The Hall–Kier alpha value is -1.48. The van der Waals surface area contributed by atoms with E-state index in [2.05, 4.69) is 26.0 Å². The molecule has 0 bridgehead atoms. The molecule has 130 valence electrons. The molecule has 1 aromatic carbocycles. The van der Waals surface area contributed by atoms with E-state index in [4.69, 9.17) is 4.74 Å². The van der Waals surface area contributed by atoms with Crippen LogP contribution in [-0.2, 0) is 4.74 Å². The summed E-state index contributed by atoms with van der Waals surface area (Å²) in [7, 11) is 0. The molecule has 0 spiro atoms. The molecular formula is C14H17BrF3NO4. The van der Waals surface area contributed by atoms with Crippen LogP contribution in [0.2, 0.25) is 0 Å². The van der Waals surface area contributed by atoms with E-state index in [9.17, 15) is 23.1 Å². The number of halogens is 4. The molecule has 23 heavy (non-hydrogen) atoms. The van der Waals surface area contributed by atoms with Gasteiger partial charge in [-0.15, -0.1) is 13.2 Å². The van der Waals surface area contributed by atoms with Crippen LogP contribution in [0.4, 0.5) is 18.0 Å². The Labute approximate surface area is 139 Å². The van der Waals surface area contributed by atoms with Gasteiger partial charge in [0.1, 0.15) is 11.4 Å². The number of hydrogen-bond acceptors (Lipinski definition) is 4. The topological polar surface area (TPSA) is 67.8 Å². The zero-order valence-corrected chi connectivity index (χ0v) is 14.3. The van der Waals surface area contributed by atoms with E-state index >= 15 is 0 Å².